The molecule has 3 heterocycles. The molecule has 0 saturated carbocycles. The van der Waals surface area contributed by atoms with E-state index < -0.39 is 98.8 Å². The van der Waals surface area contributed by atoms with E-state index in [1.807, 2.05) is 0 Å². The first kappa shape index (κ1) is 67.0. The third-order valence-electron chi connectivity index (χ3n) is 5.98. The van der Waals surface area contributed by atoms with Gasteiger partial charge in [-0.3, -0.25) is 0 Å². The molecule has 0 bridgehead atoms. The van der Waals surface area contributed by atoms with Gasteiger partial charge in [-0.2, -0.15) is 0 Å². The summed E-state index contributed by atoms with van der Waals surface area (Å²) in [5, 5.41) is 5.83. The Balaban J connectivity index is 2.97. The quantitative estimate of drug-likeness (QED) is 0.0899. The normalized spacial score (nSPS) is 27.3. The summed E-state index contributed by atoms with van der Waals surface area (Å²) in [7, 11) is -5.46. The second kappa shape index (κ2) is 32.7. The molecule has 0 spiro atoms. The average molecular weight is 4310 g/mol. The number of fused-ring (bicyclic) bond motifs is 1. The minimum atomic E-state index is -1.63. The molecule has 0 amide bonds. The van der Waals surface area contributed by atoms with Crippen molar-refractivity contribution in [3.05, 3.63) is 24.4 Å². The number of nitrogens with zero attached hydrogens (tertiary/aromatic N) is 5. The SMILES string of the molecule is CC(C)N1C([I-]I)([I-]I)C(I(I)I)(I(I)[I-]I)N(c2nc3ccccn3n2)C(I(I)I(I)I(I)I)(I(I)I(I)I(I)[I-]I)C1(C)I(I)I(I)[I-]I. The van der Waals surface area contributed by atoms with Crippen molar-refractivity contribution in [2.24, 2.45) is 0 Å². The van der Waals surface area contributed by atoms with E-state index in [0.717, 1.165) is 5.65 Å². The molecule has 3 atom stereocenters. The van der Waals surface area contributed by atoms with Gasteiger partial charge >= 0.3 is 585 Å². The molecule has 3 rings (SSSR count). The van der Waals surface area contributed by atoms with Crippen LogP contribution in [0.25, 0.3) is 5.65 Å². The van der Waals surface area contributed by atoms with Gasteiger partial charge in [0.05, 0.1) is 0 Å². The van der Waals surface area contributed by atoms with E-state index in [1.165, 1.54) is 5.95 Å². The molecule has 51 heavy (non-hydrogen) atoms. The first-order chi connectivity index (χ1) is 23.8. The number of halogens is 32. The molecule has 0 aromatic carbocycles. The Morgan fingerprint density at radius 3 is 1.69 bits per heavy atom. The van der Waals surface area contributed by atoms with Crippen LogP contribution in [0.2, 0.25) is 0 Å². The van der Waals surface area contributed by atoms with E-state index in [-0.39, 0.29) is 61.0 Å². The van der Waals surface area contributed by atoms with Crippen LogP contribution in [0.3, 0.4) is 0 Å². The summed E-state index contributed by atoms with van der Waals surface area (Å²) in [6.45, 7) is 8.51. The van der Waals surface area contributed by atoms with E-state index >= 15 is 0 Å². The zero-order chi connectivity index (χ0) is 39.0. The van der Waals surface area contributed by atoms with Crippen molar-refractivity contribution in [2.45, 2.75) is 35.0 Å². The van der Waals surface area contributed by atoms with E-state index in [9.17, 15) is 0 Å². The van der Waals surface area contributed by atoms with Crippen LogP contribution in [0.1, 0.15) is 20.8 Å². The van der Waals surface area contributed by atoms with Gasteiger partial charge in [0.15, 0.2) is 0 Å². The van der Waals surface area contributed by atoms with E-state index in [4.69, 9.17) is 10.1 Å². The Hall–Kier alpha value is 21.7. The molecule has 0 radical (unpaired) electrons. The summed E-state index contributed by atoms with van der Waals surface area (Å²) < 4.78 is 3.62. The Morgan fingerprint density at radius 1 is 0.706 bits per heavy atom. The number of alkyl halides is 7. The van der Waals surface area contributed by atoms with Gasteiger partial charge in [-0.05, 0) is 0 Å². The fraction of sp³-hybridized carbons (Fsp3) is 0.571. The van der Waals surface area contributed by atoms with Crippen LogP contribution in [0.15, 0.2) is 24.4 Å². The van der Waals surface area contributed by atoms with Crippen molar-refractivity contribution in [2.75, 3.05) is 4.90 Å². The van der Waals surface area contributed by atoms with Gasteiger partial charge in [-0.15, -0.1) is 0 Å². The third-order valence-corrected chi connectivity index (χ3v) is 987. The molecular weight excluding hydrogens is 4300 g/mol. The molecule has 5 nitrogen and oxygen atoms in total. The summed E-state index contributed by atoms with van der Waals surface area (Å²) in [5.41, 5.74) is 1.08. The summed E-state index contributed by atoms with van der Waals surface area (Å²) in [6.07, 6.45) is 2.22. The first-order valence-corrected chi connectivity index (χ1v) is 176. The molecule has 1 saturated heterocycles. The fourth-order valence-corrected chi connectivity index (χ4v) is 1320. The first-order valence-electron chi connectivity index (χ1n) is 11.1. The molecule has 2 aromatic rings. The maximum atomic E-state index is 5.87. The van der Waals surface area contributed by atoms with E-state index in [2.05, 4.69) is 376 Å². The van der Waals surface area contributed by atoms with Gasteiger partial charge in [0.2, 0.25) is 0 Å². The Bertz CT molecular complexity index is 1380. The summed E-state index contributed by atoms with van der Waals surface area (Å²) in [6, 6.07) is 7.27. The molecule has 324 valence electrons. The van der Waals surface area contributed by atoms with E-state index in [1.54, 1.807) is 0 Å². The molecule has 1 aliphatic heterocycles. The standard InChI is InChI=1S/C14H14I32N5/c1-8(2)50-11(3,39(23)43(28)35-18)13(40(24)45(30)42(26)27,41(25)46(31)44(29)36-19)51(10-47-9-6-4-5-7-49(9)48-10)14(37(20)21,38(22)34-17)12(50,32-15)33-16/h4-8H,1-3H3/q-5. The Morgan fingerprint density at radius 2 is 1.25 bits per heavy atom. The minimum absolute atomic E-state index is 0.106. The van der Waals surface area contributed by atoms with Crippen LogP contribution in [-0.4, -0.2) is 33.7 Å². The summed E-state index contributed by atoms with van der Waals surface area (Å²) in [4.78, 5) is 13.1. The van der Waals surface area contributed by atoms with Gasteiger partial charge in [-0.1, -0.05) is 0 Å². The van der Waals surface area contributed by atoms with Crippen LogP contribution in [-0.2, 0) is 0 Å². The van der Waals surface area contributed by atoms with Crippen molar-refractivity contribution in [3.8, 4) is 0 Å². The number of hydrogen-bond acceptors (Lipinski definition) is 4. The molecule has 1 fully saturated rings. The fourth-order valence-electron chi connectivity index (χ4n) is 4.52. The number of piperazine rings is 1. The van der Waals surface area contributed by atoms with Gasteiger partial charge in [0, 0.05) is 0 Å². The predicted molar refractivity (Wildman–Crippen MR) is 448 cm³/mol. The number of rotatable bonds is 17. The van der Waals surface area contributed by atoms with Crippen LogP contribution < -0.4 is 79.1 Å². The molecular formula is C14H14I32N5-5. The number of hydrogen-bond donors (Lipinski definition) is 0. The molecule has 3 unspecified atom stereocenters. The van der Waals surface area contributed by atoms with Gasteiger partial charge in [-0.25, -0.2) is 0 Å². The van der Waals surface area contributed by atoms with Crippen molar-refractivity contribution in [1.82, 2.24) is 19.5 Å². The zero-order valence-corrected chi connectivity index (χ0v) is 92.3. The summed E-state index contributed by atoms with van der Waals surface area (Å²) in [5.74, 6) is 1.24. The van der Waals surface area contributed by atoms with Crippen molar-refractivity contribution in [3.63, 3.8) is 0 Å². The molecule has 0 aliphatic carbocycles. The Labute approximate surface area is 559 Å². The van der Waals surface area contributed by atoms with Crippen LogP contribution >= 0.6 is 415 Å². The zero-order valence-electron chi connectivity index (χ0n) is 23.2. The van der Waals surface area contributed by atoms with Crippen molar-refractivity contribution < 1.29 is 74.2 Å². The van der Waals surface area contributed by atoms with E-state index in [0.29, 0.717) is 27.5 Å². The number of aromatic nitrogens is 3. The summed E-state index contributed by atoms with van der Waals surface area (Å²) >= 11 is 46.7. The van der Waals surface area contributed by atoms with Crippen LogP contribution in [0, 0.1) is 0 Å². The number of pyridine rings is 1. The molecule has 1 aliphatic rings. The second-order valence-corrected chi connectivity index (χ2v) is 437. The molecule has 2 aromatic heterocycles. The molecule has 0 N–H and O–H groups in total. The third kappa shape index (κ3) is 15.0. The van der Waals surface area contributed by atoms with Gasteiger partial charge < -0.3 is 0 Å². The topological polar surface area (TPSA) is 36.7 Å². The average Bonchev–Trinajstić information content (AvgIpc) is 3.54. The number of anilines is 1. The van der Waals surface area contributed by atoms with Crippen molar-refractivity contribution in [1.29, 1.82) is 0 Å². The Kier molecular flexibility index (Phi) is 43.0. The monoisotopic (exact) mass is 4310 g/mol. The van der Waals surface area contributed by atoms with Crippen LogP contribution in [0.4, 0.5) is 5.95 Å². The van der Waals surface area contributed by atoms with Crippen molar-refractivity contribution >= 4 is 427 Å². The second-order valence-electron chi connectivity index (χ2n) is 8.39. The van der Waals surface area contributed by atoms with Gasteiger partial charge in [0.25, 0.3) is 0 Å². The molecule has 37 heteroatoms. The predicted octanol–water partition coefficient (Wildman–Crippen LogP) is 9.72. The van der Waals surface area contributed by atoms with Gasteiger partial charge in [0.1, 0.15) is 0 Å². The van der Waals surface area contributed by atoms with Crippen LogP contribution in [0.5, 0.6) is 0 Å². The maximum absolute atomic E-state index is 5.87.